The highest BCUT2D eigenvalue weighted by Gasteiger charge is 2.28. The van der Waals surface area contributed by atoms with Gasteiger partial charge in [-0.05, 0) is 24.4 Å². The first-order chi connectivity index (χ1) is 11.0. The van der Waals surface area contributed by atoms with Crippen molar-refractivity contribution < 1.29 is 23.9 Å². The van der Waals surface area contributed by atoms with E-state index in [0.717, 1.165) is 14.2 Å². The number of H-pyrrole nitrogens is 1. The Morgan fingerprint density at radius 2 is 1.87 bits per heavy atom. The third-order valence-electron chi connectivity index (χ3n) is 2.85. The number of pyridine rings is 1. The lowest BCUT2D eigenvalue weighted by molar-refractivity contribution is 0.0582. The Bertz CT molecular complexity index is 792. The minimum absolute atomic E-state index is 0.159. The summed E-state index contributed by atoms with van der Waals surface area (Å²) >= 11 is 4.88. The van der Waals surface area contributed by atoms with Crippen LogP contribution in [0.15, 0.2) is 24.5 Å². The highest BCUT2D eigenvalue weighted by Crippen LogP contribution is 2.18. The summed E-state index contributed by atoms with van der Waals surface area (Å²) < 4.78 is 9.07. The maximum atomic E-state index is 12.7. The highest BCUT2D eigenvalue weighted by molar-refractivity contribution is 7.71. The smallest absolute Gasteiger partial charge is 0.357 e. The number of methoxy groups -OCH3 is 2. The van der Waals surface area contributed by atoms with Gasteiger partial charge in [-0.2, -0.15) is 0 Å². The standard InChI is InChI=1S/C14H11N3O5S/c1-21-12(19)9-8(11(18)7-4-3-5-15-6-7)10(13(20)22-2)17-14(23)16-9/h3-6H,1-2H3,(H,16,17,23). The topological polar surface area (TPSA) is 111 Å². The van der Waals surface area contributed by atoms with Crippen LogP contribution in [0.5, 0.6) is 0 Å². The summed E-state index contributed by atoms with van der Waals surface area (Å²) in [5.41, 5.74) is -0.771. The number of hydrogen-bond donors (Lipinski definition) is 1. The fourth-order valence-corrected chi connectivity index (χ4v) is 2.03. The van der Waals surface area contributed by atoms with Crippen molar-refractivity contribution in [1.29, 1.82) is 0 Å². The summed E-state index contributed by atoms with van der Waals surface area (Å²) in [4.78, 5) is 46.7. The van der Waals surface area contributed by atoms with E-state index in [4.69, 9.17) is 12.2 Å². The fourth-order valence-electron chi connectivity index (χ4n) is 1.84. The van der Waals surface area contributed by atoms with Gasteiger partial charge in [0.05, 0.1) is 19.8 Å². The molecule has 0 aliphatic heterocycles. The third kappa shape index (κ3) is 3.29. The van der Waals surface area contributed by atoms with Crippen LogP contribution in [-0.2, 0) is 9.47 Å². The minimum atomic E-state index is -0.900. The normalized spacial score (nSPS) is 10.0. The molecule has 0 unspecified atom stereocenters. The minimum Gasteiger partial charge on any atom is -0.464 e. The first-order valence-electron chi connectivity index (χ1n) is 6.25. The van der Waals surface area contributed by atoms with Crippen molar-refractivity contribution in [2.75, 3.05) is 14.2 Å². The van der Waals surface area contributed by atoms with E-state index in [-0.39, 0.29) is 27.3 Å². The lowest BCUT2D eigenvalue weighted by Crippen LogP contribution is -2.21. The molecular weight excluding hydrogens is 322 g/mol. The van der Waals surface area contributed by atoms with Crippen LogP contribution < -0.4 is 0 Å². The lowest BCUT2D eigenvalue weighted by Gasteiger charge is -2.10. The average Bonchev–Trinajstić information content (AvgIpc) is 2.59. The van der Waals surface area contributed by atoms with Crippen molar-refractivity contribution in [2.24, 2.45) is 0 Å². The molecule has 0 amide bonds. The molecule has 0 aliphatic carbocycles. The Kier molecular flexibility index (Phi) is 4.91. The molecule has 0 atom stereocenters. The molecule has 118 valence electrons. The van der Waals surface area contributed by atoms with Gasteiger partial charge in [0, 0.05) is 18.0 Å². The largest absolute Gasteiger partial charge is 0.464 e. The average molecular weight is 333 g/mol. The van der Waals surface area contributed by atoms with Crippen LogP contribution >= 0.6 is 12.2 Å². The number of ether oxygens (including phenoxy) is 2. The molecule has 2 heterocycles. The van der Waals surface area contributed by atoms with Crippen molar-refractivity contribution >= 4 is 29.9 Å². The van der Waals surface area contributed by atoms with E-state index in [2.05, 4.69) is 24.4 Å². The van der Waals surface area contributed by atoms with Gasteiger partial charge in [0.2, 0.25) is 0 Å². The molecule has 0 fully saturated rings. The van der Waals surface area contributed by atoms with Crippen LogP contribution in [0.2, 0.25) is 0 Å². The van der Waals surface area contributed by atoms with E-state index >= 15 is 0 Å². The van der Waals surface area contributed by atoms with E-state index < -0.39 is 17.7 Å². The molecule has 0 saturated carbocycles. The first kappa shape index (κ1) is 16.4. The number of aromatic amines is 1. The molecule has 0 bridgehead atoms. The summed E-state index contributed by atoms with van der Waals surface area (Å²) in [6.45, 7) is 0. The zero-order valence-electron chi connectivity index (χ0n) is 12.2. The number of hydrogen-bond acceptors (Lipinski definition) is 8. The first-order valence-corrected chi connectivity index (χ1v) is 6.66. The van der Waals surface area contributed by atoms with Crippen molar-refractivity contribution in [3.05, 3.63) is 51.8 Å². The van der Waals surface area contributed by atoms with E-state index in [9.17, 15) is 14.4 Å². The van der Waals surface area contributed by atoms with Crippen LogP contribution in [0.1, 0.15) is 36.9 Å². The van der Waals surface area contributed by atoms with E-state index in [1.165, 1.54) is 18.5 Å². The Morgan fingerprint density at radius 3 is 2.43 bits per heavy atom. The Morgan fingerprint density at radius 1 is 1.17 bits per heavy atom. The van der Waals surface area contributed by atoms with Crippen molar-refractivity contribution in [3.63, 3.8) is 0 Å². The molecule has 2 rings (SSSR count). The number of carbonyl (C=O) groups excluding carboxylic acids is 3. The monoisotopic (exact) mass is 333 g/mol. The maximum Gasteiger partial charge on any atom is 0.357 e. The molecule has 1 N–H and O–H groups in total. The molecule has 2 aromatic heterocycles. The number of carbonyl (C=O) groups is 3. The molecule has 8 nitrogen and oxygen atoms in total. The zero-order valence-corrected chi connectivity index (χ0v) is 13.0. The van der Waals surface area contributed by atoms with Crippen LogP contribution in [-0.4, -0.2) is 46.9 Å². The van der Waals surface area contributed by atoms with Gasteiger partial charge in [0.25, 0.3) is 0 Å². The maximum absolute atomic E-state index is 12.7. The Balaban J connectivity index is 2.77. The van der Waals surface area contributed by atoms with Gasteiger partial charge < -0.3 is 14.5 Å². The molecule has 0 aliphatic rings. The van der Waals surface area contributed by atoms with Crippen molar-refractivity contribution in [3.8, 4) is 0 Å². The van der Waals surface area contributed by atoms with E-state index in [1.54, 1.807) is 6.07 Å². The summed E-state index contributed by atoms with van der Waals surface area (Å²) in [6.07, 6.45) is 2.78. The fraction of sp³-hybridized carbons (Fsp3) is 0.143. The summed E-state index contributed by atoms with van der Waals surface area (Å²) in [6, 6.07) is 3.03. The molecule has 23 heavy (non-hydrogen) atoms. The van der Waals surface area contributed by atoms with Crippen LogP contribution in [0.3, 0.4) is 0 Å². The SMILES string of the molecule is COC(=O)c1nc(=S)[nH]c(C(=O)OC)c1C(=O)c1cccnc1. The van der Waals surface area contributed by atoms with E-state index in [1.807, 2.05) is 0 Å². The second kappa shape index (κ2) is 6.88. The highest BCUT2D eigenvalue weighted by atomic mass is 32.1. The predicted octanol–water partition coefficient (Wildman–Crippen LogP) is 1.34. The van der Waals surface area contributed by atoms with Crippen molar-refractivity contribution in [2.45, 2.75) is 0 Å². The van der Waals surface area contributed by atoms with Crippen LogP contribution in [0, 0.1) is 4.77 Å². The predicted molar refractivity (Wildman–Crippen MR) is 79.8 cm³/mol. The second-order valence-corrected chi connectivity index (χ2v) is 4.58. The van der Waals surface area contributed by atoms with Gasteiger partial charge in [0.15, 0.2) is 16.2 Å². The molecular formula is C14H11N3O5S. The molecule has 2 aromatic rings. The van der Waals surface area contributed by atoms with Gasteiger partial charge in [-0.1, -0.05) is 0 Å². The number of nitrogens with zero attached hydrogens (tertiary/aromatic N) is 2. The molecule has 0 saturated heterocycles. The third-order valence-corrected chi connectivity index (χ3v) is 3.04. The summed E-state index contributed by atoms with van der Waals surface area (Å²) in [5, 5.41) is 0. The molecule has 0 radical (unpaired) electrons. The van der Waals surface area contributed by atoms with Gasteiger partial charge in [0.1, 0.15) is 5.69 Å². The molecule has 0 spiro atoms. The van der Waals surface area contributed by atoms with Gasteiger partial charge in [-0.25, -0.2) is 14.6 Å². The summed E-state index contributed by atoms with van der Waals surface area (Å²) in [7, 11) is 2.26. The number of rotatable bonds is 4. The summed E-state index contributed by atoms with van der Waals surface area (Å²) in [5.74, 6) is -2.41. The van der Waals surface area contributed by atoms with Gasteiger partial charge in [-0.15, -0.1) is 0 Å². The van der Waals surface area contributed by atoms with Gasteiger partial charge in [-0.3, -0.25) is 9.78 Å². The Hall–Kier alpha value is -2.94. The number of aromatic nitrogens is 3. The number of nitrogens with one attached hydrogen (secondary N) is 1. The Labute approximate surface area is 135 Å². The number of esters is 2. The van der Waals surface area contributed by atoms with E-state index in [0.29, 0.717) is 0 Å². The van der Waals surface area contributed by atoms with Crippen LogP contribution in [0.4, 0.5) is 0 Å². The molecule has 0 aromatic carbocycles. The molecule has 9 heteroatoms. The quantitative estimate of drug-likeness (QED) is 0.507. The number of ketones is 1. The lowest BCUT2D eigenvalue weighted by atomic mass is 10.0. The van der Waals surface area contributed by atoms with Crippen LogP contribution in [0.25, 0.3) is 0 Å². The zero-order chi connectivity index (χ0) is 17.0. The van der Waals surface area contributed by atoms with Gasteiger partial charge >= 0.3 is 11.9 Å². The second-order valence-electron chi connectivity index (χ2n) is 4.19. The van der Waals surface area contributed by atoms with Crippen molar-refractivity contribution in [1.82, 2.24) is 15.0 Å².